The van der Waals surface area contributed by atoms with E-state index >= 15 is 0 Å². The molecule has 0 saturated carbocycles. The maximum Gasteiger partial charge on any atom is 0.214 e. The predicted molar refractivity (Wildman–Crippen MR) is 120 cm³/mol. The van der Waals surface area contributed by atoms with Crippen molar-refractivity contribution in [2.75, 3.05) is 0 Å². The van der Waals surface area contributed by atoms with E-state index in [2.05, 4.69) is 26.2 Å². The Labute approximate surface area is 168 Å². The maximum absolute atomic E-state index is 12.4. The third kappa shape index (κ3) is 17.8. The zero-order valence-electron chi connectivity index (χ0n) is 18.7. The van der Waals surface area contributed by atoms with Gasteiger partial charge in [-0.15, -0.1) is 0 Å². The van der Waals surface area contributed by atoms with Gasteiger partial charge in [0.15, 0.2) is 9.84 Å². The summed E-state index contributed by atoms with van der Waals surface area (Å²) >= 11 is 0. The van der Waals surface area contributed by atoms with Crippen molar-refractivity contribution in [3.05, 3.63) is 35.3 Å². The van der Waals surface area contributed by atoms with Crippen molar-refractivity contribution in [2.45, 2.75) is 98.7 Å². The predicted octanol–water partition coefficient (Wildman–Crippen LogP) is 6.09. The highest BCUT2D eigenvalue weighted by atomic mass is 32.2. The molecule has 27 heavy (non-hydrogen) atoms. The molecular formula is C22H43NO3S. The molecule has 2 N–H and O–H groups in total. The van der Waals surface area contributed by atoms with Crippen LogP contribution in [0.2, 0.25) is 0 Å². The van der Waals surface area contributed by atoms with Gasteiger partial charge in [0.2, 0.25) is 5.91 Å². The lowest BCUT2D eigenvalue weighted by Gasteiger charge is -2.16. The van der Waals surface area contributed by atoms with E-state index in [1.807, 2.05) is 39.8 Å². The minimum Gasteiger partial charge on any atom is -0.370 e. The number of rotatable bonds is 10. The monoisotopic (exact) mass is 401 g/mol. The summed E-state index contributed by atoms with van der Waals surface area (Å²) in [7, 11) is -3.25. The lowest BCUT2D eigenvalue weighted by molar-refractivity contribution is -0.115. The summed E-state index contributed by atoms with van der Waals surface area (Å²) in [5.74, 6) is -0.333. The number of hydrogen-bond acceptors (Lipinski definition) is 3. The molecule has 0 atom stereocenters. The summed E-state index contributed by atoms with van der Waals surface area (Å²) in [6.07, 6.45) is 12.2. The first-order chi connectivity index (χ1) is 12.6. The first kappa shape index (κ1) is 30.4. The second-order valence-electron chi connectivity index (χ2n) is 6.37. The van der Waals surface area contributed by atoms with Gasteiger partial charge in [-0.25, -0.2) is 8.42 Å². The van der Waals surface area contributed by atoms with Crippen LogP contribution in [-0.2, 0) is 14.6 Å². The highest BCUT2D eigenvalue weighted by molar-refractivity contribution is 7.96. The molecular weight excluding hydrogens is 358 g/mol. The number of sulfone groups is 1. The third-order valence-electron chi connectivity index (χ3n) is 3.79. The van der Waals surface area contributed by atoms with Crippen LogP contribution < -0.4 is 5.73 Å². The lowest BCUT2D eigenvalue weighted by atomic mass is 10.2. The van der Waals surface area contributed by atoms with Crippen LogP contribution in [0.3, 0.4) is 0 Å². The fourth-order valence-electron chi connectivity index (χ4n) is 2.03. The Morgan fingerprint density at radius 1 is 0.963 bits per heavy atom. The van der Waals surface area contributed by atoms with E-state index in [1.165, 1.54) is 19.8 Å². The lowest BCUT2D eigenvalue weighted by Crippen LogP contribution is -2.21. The van der Waals surface area contributed by atoms with Crippen LogP contribution in [0.5, 0.6) is 0 Å². The summed E-state index contributed by atoms with van der Waals surface area (Å²) in [5, 5.41) is -0.282. The topological polar surface area (TPSA) is 77.2 Å². The van der Waals surface area contributed by atoms with Crippen LogP contribution in [0.15, 0.2) is 35.3 Å². The highest BCUT2D eigenvalue weighted by Gasteiger charge is 2.25. The molecule has 5 heteroatoms. The van der Waals surface area contributed by atoms with Crippen LogP contribution in [0.1, 0.15) is 93.4 Å². The van der Waals surface area contributed by atoms with Gasteiger partial charge in [-0.1, -0.05) is 84.6 Å². The molecule has 0 fully saturated rings. The smallest absolute Gasteiger partial charge is 0.214 e. The molecule has 1 amide bonds. The summed E-state index contributed by atoms with van der Waals surface area (Å²) in [4.78, 5) is 9.46. The maximum atomic E-state index is 12.4. The van der Waals surface area contributed by atoms with Gasteiger partial charge in [-0.2, -0.15) is 0 Å². The second-order valence-corrected chi connectivity index (χ2v) is 8.65. The minimum absolute atomic E-state index is 0.243. The highest BCUT2D eigenvalue weighted by Crippen LogP contribution is 2.22. The molecule has 0 aliphatic rings. The number of amides is 1. The number of nitrogens with two attached hydrogens (primary N) is 1. The van der Waals surface area contributed by atoms with Crippen molar-refractivity contribution in [1.82, 2.24) is 0 Å². The number of hydrogen-bond donors (Lipinski definition) is 1. The third-order valence-corrected chi connectivity index (χ3v) is 6.00. The number of primary amides is 1. The summed E-state index contributed by atoms with van der Waals surface area (Å²) in [5.41, 5.74) is 5.60. The molecule has 0 aromatic heterocycles. The van der Waals surface area contributed by atoms with Gasteiger partial charge in [-0.3, -0.25) is 4.79 Å². The van der Waals surface area contributed by atoms with E-state index in [4.69, 9.17) is 0 Å². The molecule has 0 aromatic rings. The van der Waals surface area contributed by atoms with Crippen LogP contribution in [0.4, 0.5) is 0 Å². The average Bonchev–Trinajstić information content (AvgIpc) is 2.61. The molecule has 160 valence electrons. The standard InChI is InChI=1S/C16H28O2S.C4H10.C2H5NO/c1-6-10-16(11-7-2)19(17,18)14(5)12-13-15(8-3)9-4;1-3-4-2;1-2(3)4/h8,12-13,16H,5-7,9-11H2,1-4H3;3-4H2,1-2H3;1H3,(H2,3,4)/b13-12-,15-8-;;. The Kier molecular flexibility index (Phi) is 21.8. The van der Waals surface area contributed by atoms with Gasteiger partial charge < -0.3 is 5.73 Å². The molecule has 0 bridgehead atoms. The molecule has 4 nitrogen and oxygen atoms in total. The zero-order valence-corrected chi connectivity index (χ0v) is 19.5. The fourth-order valence-corrected chi connectivity index (χ4v) is 3.80. The molecule has 0 radical (unpaired) electrons. The molecule has 0 aliphatic heterocycles. The van der Waals surface area contributed by atoms with Crippen molar-refractivity contribution < 1.29 is 13.2 Å². The normalized spacial score (nSPS) is 11.5. The molecule has 0 unspecified atom stereocenters. The van der Waals surface area contributed by atoms with E-state index in [-0.39, 0.29) is 16.1 Å². The van der Waals surface area contributed by atoms with E-state index in [0.717, 1.165) is 24.8 Å². The summed E-state index contributed by atoms with van der Waals surface area (Å²) < 4.78 is 24.9. The van der Waals surface area contributed by atoms with E-state index in [0.29, 0.717) is 12.8 Å². The summed E-state index contributed by atoms with van der Waals surface area (Å²) in [6, 6.07) is 0. The van der Waals surface area contributed by atoms with Gasteiger partial charge in [-0.05, 0) is 32.3 Å². The van der Waals surface area contributed by atoms with E-state index in [9.17, 15) is 13.2 Å². The molecule has 0 aromatic carbocycles. The van der Waals surface area contributed by atoms with Crippen molar-refractivity contribution in [2.24, 2.45) is 5.73 Å². The number of unbranched alkanes of at least 4 members (excludes halogenated alkanes) is 1. The van der Waals surface area contributed by atoms with Gasteiger partial charge in [0.25, 0.3) is 0 Å². The molecule has 0 heterocycles. The van der Waals surface area contributed by atoms with Crippen LogP contribution in [0.25, 0.3) is 0 Å². The van der Waals surface area contributed by atoms with Gasteiger partial charge in [0.1, 0.15) is 0 Å². The Bertz CT molecular complexity index is 534. The SMILES string of the molecule is C=C(/C=C\C(=C/C)CC)S(=O)(=O)C(CCC)CCC.CC(N)=O.CCCC. The second kappa shape index (κ2) is 19.4. The Balaban J connectivity index is -0.000000603. The van der Waals surface area contributed by atoms with E-state index in [1.54, 1.807) is 6.08 Å². The molecule has 0 aliphatic carbocycles. The molecule has 0 rings (SSSR count). The van der Waals surface area contributed by atoms with Crippen LogP contribution in [0, 0.1) is 0 Å². The van der Waals surface area contributed by atoms with Crippen LogP contribution in [-0.4, -0.2) is 19.6 Å². The van der Waals surface area contributed by atoms with Gasteiger partial charge in [0, 0.05) is 6.92 Å². The number of carbonyl (C=O) groups is 1. The first-order valence-corrected chi connectivity index (χ1v) is 11.6. The van der Waals surface area contributed by atoms with Crippen molar-refractivity contribution in [3.63, 3.8) is 0 Å². The van der Waals surface area contributed by atoms with Crippen LogP contribution >= 0.6 is 0 Å². The molecule has 0 saturated heterocycles. The Morgan fingerprint density at radius 3 is 1.63 bits per heavy atom. The van der Waals surface area contributed by atoms with Crippen molar-refractivity contribution in [1.29, 1.82) is 0 Å². The first-order valence-electron chi connectivity index (χ1n) is 10.1. The number of allylic oxidation sites excluding steroid dienone is 4. The largest absolute Gasteiger partial charge is 0.370 e. The quantitative estimate of drug-likeness (QED) is 0.450. The fraction of sp³-hybridized carbons (Fsp3) is 0.682. The zero-order chi connectivity index (χ0) is 21.9. The summed E-state index contributed by atoms with van der Waals surface area (Å²) in [6.45, 7) is 17.5. The van der Waals surface area contributed by atoms with Gasteiger partial charge in [0.05, 0.1) is 10.2 Å². The average molecular weight is 402 g/mol. The van der Waals surface area contributed by atoms with E-state index < -0.39 is 9.84 Å². The number of carbonyl (C=O) groups excluding carboxylic acids is 1. The molecule has 0 spiro atoms. The van der Waals surface area contributed by atoms with Crippen molar-refractivity contribution in [3.8, 4) is 0 Å². The van der Waals surface area contributed by atoms with Crippen molar-refractivity contribution >= 4 is 15.7 Å². The minimum atomic E-state index is -3.25. The Hall–Kier alpha value is -1.36. The Morgan fingerprint density at radius 2 is 1.37 bits per heavy atom. The van der Waals surface area contributed by atoms with Gasteiger partial charge >= 0.3 is 0 Å².